The van der Waals surface area contributed by atoms with E-state index in [2.05, 4.69) is 20.2 Å². The second-order valence-corrected chi connectivity index (χ2v) is 4.81. The number of fused-ring (bicyclic) bond motifs is 1. The van der Waals surface area contributed by atoms with Crippen LogP contribution in [-0.2, 0) is 0 Å². The lowest BCUT2D eigenvalue weighted by Crippen LogP contribution is -2.15. The molecule has 4 heterocycles. The highest BCUT2D eigenvalue weighted by Gasteiger charge is 2.11. The van der Waals surface area contributed by atoms with E-state index in [1.807, 2.05) is 30.3 Å². The number of H-pyrrole nitrogens is 1. The van der Waals surface area contributed by atoms with Crippen molar-refractivity contribution in [2.75, 3.05) is 0 Å². The van der Waals surface area contributed by atoms with Crippen molar-refractivity contribution < 1.29 is 0 Å². The van der Waals surface area contributed by atoms with Crippen LogP contribution in [-0.4, -0.2) is 24.6 Å². The minimum absolute atomic E-state index is 0.303. The first-order chi connectivity index (χ1) is 10.8. The van der Waals surface area contributed by atoms with Crippen LogP contribution in [0.15, 0.2) is 66.0 Å². The standard InChI is InChI=1S/C16H11N5O/c22-16-18-8-6-12-5-4-11(10-21(12)16)13-9-19-20-15(13)14-3-1-2-7-17-14/h1-10H,(H,19,20). The normalized spacial score (nSPS) is 10.9. The summed E-state index contributed by atoms with van der Waals surface area (Å²) in [5.74, 6) is 0. The maximum atomic E-state index is 11.9. The number of hydrogen-bond donors (Lipinski definition) is 1. The predicted octanol–water partition coefficient (Wildman–Crippen LogP) is 2.15. The molecule has 4 aromatic rings. The maximum absolute atomic E-state index is 11.9. The number of nitrogens with one attached hydrogen (secondary N) is 1. The number of nitrogens with zero attached hydrogens (tertiary/aromatic N) is 4. The molecule has 106 valence electrons. The van der Waals surface area contributed by atoms with E-state index in [1.165, 1.54) is 10.6 Å². The van der Waals surface area contributed by atoms with Crippen molar-refractivity contribution in [1.29, 1.82) is 0 Å². The van der Waals surface area contributed by atoms with E-state index in [4.69, 9.17) is 0 Å². The fourth-order valence-corrected chi connectivity index (χ4v) is 2.42. The van der Waals surface area contributed by atoms with Gasteiger partial charge in [-0.2, -0.15) is 5.10 Å². The summed E-state index contributed by atoms with van der Waals surface area (Å²) < 4.78 is 1.52. The number of aromatic amines is 1. The fourth-order valence-electron chi connectivity index (χ4n) is 2.42. The summed E-state index contributed by atoms with van der Waals surface area (Å²) in [6, 6.07) is 11.3. The molecule has 22 heavy (non-hydrogen) atoms. The third kappa shape index (κ3) is 1.98. The van der Waals surface area contributed by atoms with E-state index in [0.717, 1.165) is 28.0 Å². The van der Waals surface area contributed by atoms with Gasteiger partial charge in [-0.25, -0.2) is 9.78 Å². The molecule has 4 rings (SSSR count). The van der Waals surface area contributed by atoms with Gasteiger partial charge in [0.05, 0.1) is 23.1 Å². The first-order valence-corrected chi connectivity index (χ1v) is 6.75. The van der Waals surface area contributed by atoms with Gasteiger partial charge in [-0.05, 0) is 24.3 Å². The molecule has 1 N–H and O–H groups in total. The van der Waals surface area contributed by atoms with Gasteiger partial charge in [0.2, 0.25) is 0 Å². The SMILES string of the molecule is O=c1nccc2ccc(-c3cn[nH]c3-c3ccccn3)cn12. The summed E-state index contributed by atoms with van der Waals surface area (Å²) in [6.45, 7) is 0. The lowest BCUT2D eigenvalue weighted by Gasteiger charge is -2.05. The van der Waals surface area contributed by atoms with Crippen LogP contribution >= 0.6 is 0 Å². The zero-order valence-corrected chi connectivity index (χ0v) is 11.5. The molecule has 0 atom stereocenters. The highest BCUT2D eigenvalue weighted by Crippen LogP contribution is 2.28. The molecule has 4 aromatic heterocycles. The van der Waals surface area contributed by atoms with Crippen molar-refractivity contribution in [3.8, 4) is 22.5 Å². The van der Waals surface area contributed by atoms with Crippen molar-refractivity contribution in [2.45, 2.75) is 0 Å². The number of pyridine rings is 2. The Labute approximate surface area is 125 Å². The lowest BCUT2D eigenvalue weighted by atomic mass is 10.1. The van der Waals surface area contributed by atoms with E-state index in [9.17, 15) is 4.79 Å². The van der Waals surface area contributed by atoms with Gasteiger partial charge in [-0.15, -0.1) is 0 Å². The molecule has 6 nitrogen and oxygen atoms in total. The largest absolute Gasteiger partial charge is 0.352 e. The zero-order chi connectivity index (χ0) is 14.9. The summed E-state index contributed by atoms with van der Waals surface area (Å²) in [5.41, 5.74) is 3.87. The van der Waals surface area contributed by atoms with Crippen LogP contribution < -0.4 is 5.69 Å². The molecule has 0 saturated heterocycles. The van der Waals surface area contributed by atoms with E-state index in [1.54, 1.807) is 24.7 Å². The van der Waals surface area contributed by atoms with Gasteiger partial charge in [-0.1, -0.05) is 12.1 Å². The number of rotatable bonds is 2. The fraction of sp³-hybridized carbons (Fsp3) is 0. The van der Waals surface area contributed by atoms with Gasteiger partial charge in [-0.3, -0.25) is 14.5 Å². The van der Waals surface area contributed by atoms with Crippen LogP contribution in [0.1, 0.15) is 0 Å². The molecule has 0 unspecified atom stereocenters. The Bertz CT molecular complexity index is 1000. The summed E-state index contributed by atoms with van der Waals surface area (Å²) in [7, 11) is 0. The maximum Gasteiger partial charge on any atom is 0.352 e. The third-order valence-corrected chi connectivity index (χ3v) is 3.49. The van der Waals surface area contributed by atoms with Crippen molar-refractivity contribution >= 4 is 5.52 Å². The molecule has 0 spiro atoms. The van der Waals surface area contributed by atoms with Gasteiger partial charge in [0.25, 0.3) is 0 Å². The van der Waals surface area contributed by atoms with E-state index < -0.39 is 0 Å². The molecular formula is C16H11N5O. The molecule has 0 aliphatic rings. The van der Waals surface area contributed by atoms with Crippen LogP contribution in [0, 0.1) is 0 Å². The van der Waals surface area contributed by atoms with E-state index in [0.29, 0.717) is 0 Å². The zero-order valence-electron chi connectivity index (χ0n) is 11.5. The highest BCUT2D eigenvalue weighted by atomic mass is 16.1. The van der Waals surface area contributed by atoms with Gasteiger partial charge < -0.3 is 0 Å². The van der Waals surface area contributed by atoms with Crippen LogP contribution in [0.5, 0.6) is 0 Å². The summed E-state index contributed by atoms with van der Waals surface area (Å²) in [4.78, 5) is 20.0. The topological polar surface area (TPSA) is 75.9 Å². The number of aromatic nitrogens is 5. The predicted molar refractivity (Wildman–Crippen MR) is 82.3 cm³/mol. The van der Waals surface area contributed by atoms with Gasteiger partial charge in [0.15, 0.2) is 0 Å². The van der Waals surface area contributed by atoms with Crippen molar-refractivity contribution in [3.63, 3.8) is 0 Å². The van der Waals surface area contributed by atoms with Gasteiger partial charge in [0, 0.05) is 29.7 Å². The summed E-state index contributed by atoms with van der Waals surface area (Å²) in [6.07, 6.45) is 6.73. The van der Waals surface area contributed by atoms with Crippen LogP contribution in [0.3, 0.4) is 0 Å². The second-order valence-electron chi connectivity index (χ2n) is 4.81. The Hall–Kier alpha value is -3.28. The van der Waals surface area contributed by atoms with Crippen molar-refractivity contribution in [1.82, 2.24) is 24.6 Å². The highest BCUT2D eigenvalue weighted by molar-refractivity contribution is 5.78. The van der Waals surface area contributed by atoms with Crippen molar-refractivity contribution in [2.24, 2.45) is 0 Å². The van der Waals surface area contributed by atoms with Crippen LogP contribution in [0.4, 0.5) is 0 Å². The molecule has 0 aliphatic heterocycles. The average molecular weight is 289 g/mol. The first kappa shape index (κ1) is 12.5. The molecule has 0 radical (unpaired) electrons. The molecule has 0 saturated carbocycles. The van der Waals surface area contributed by atoms with Gasteiger partial charge >= 0.3 is 5.69 Å². The molecular weight excluding hydrogens is 278 g/mol. The molecule has 0 aromatic carbocycles. The minimum atomic E-state index is -0.303. The monoisotopic (exact) mass is 289 g/mol. The molecule has 0 bridgehead atoms. The summed E-state index contributed by atoms with van der Waals surface area (Å²) in [5, 5.41) is 7.08. The van der Waals surface area contributed by atoms with E-state index in [-0.39, 0.29) is 5.69 Å². The number of hydrogen-bond acceptors (Lipinski definition) is 4. The Morgan fingerprint density at radius 2 is 1.95 bits per heavy atom. The van der Waals surface area contributed by atoms with Crippen molar-refractivity contribution in [3.05, 3.63) is 71.7 Å². The molecule has 6 heteroatoms. The molecule has 0 aliphatic carbocycles. The molecule has 0 fully saturated rings. The smallest absolute Gasteiger partial charge is 0.276 e. The second kappa shape index (κ2) is 4.92. The lowest BCUT2D eigenvalue weighted by molar-refractivity contribution is 0.995. The summed E-state index contributed by atoms with van der Waals surface area (Å²) >= 11 is 0. The van der Waals surface area contributed by atoms with Gasteiger partial charge in [0.1, 0.15) is 0 Å². The average Bonchev–Trinajstić information content (AvgIpc) is 3.05. The van der Waals surface area contributed by atoms with Crippen LogP contribution in [0.2, 0.25) is 0 Å². The molecule has 0 amide bonds. The Morgan fingerprint density at radius 1 is 1.00 bits per heavy atom. The Balaban J connectivity index is 1.92. The minimum Gasteiger partial charge on any atom is -0.276 e. The Kier molecular flexibility index (Phi) is 2.79. The quantitative estimate of drug-likeness (QED) is 0.613. The Morgan fingerprint density at radius 3 is 2.82 bits per heavy atom. The first-order valence-electron chi connectivity index (χ1n) is 6.75. The van der Waals surface area contributed by atoms with Crippen LogP contribution in [0.25, 0.3) is 28.0 Å². The van der Waals surface area contributed by atoms with E-state index >= 15 is 0 Å². The third-order valence-electron chi connectivity index (χ3n) is 3.49.